The summed E-state index contributed by atoms with van der Waals surface area (Å²) < 4.78 is 25.4. The highest BCUT2D eigenvalue weighted by atomic mass is 19.1. The SMILES string of the molecule is NCCC=Cc1ccc(F)cc1F. The summed E-state index contributed by atoms with van der Waals surface area (Å²) in [6.07, 6.45) is 4.05. The Labute approximate surface area is 75.9 Å². The molecule has 0 saturated carbocycles. The molecule has 70 valence electrons. The van der Waals surface area contributed by atoms with E-state index in [1.807, 2.05) is 0 Å². The second kappa shape index (κ2) is 4.72. The van der Waals surface area contributed by atoms with Crippen LogP contribution in [-0.2, 0) is 0 Å². The molecule has 0 amide bonds. The first kappa shape index (κ1) is 9.86. The van der Waals surface area contributed by atoms with Gasteiger partial charge in [0.15, 0.2) is 0 Å². The fourth-order valence-electron chi connectivity index (χ4n) is 0.943. The molecular weight excluding hydrogens is 172 g/mol. The van der Waals surface area contributed by atoms with E-state index in [9.17, 15) is 8.78 Å². The minimum atomic E-state index is -0.562. The van der Waals surface area contributed by atoms with Gasteiger partial charge in [0.05, 0.1) is 0 Å². The Hall–Kier alpha value is -1.22. The Balaban J connectivity index is 2.77. The van der Waals surface area contributed by atoms with E-state index < -0.39 is 11.6 Å². The van der Waals surface area contributed by atoms with Crippen LogP contribution in [0.4, 0.5) is 8.78 Å². The zero-order valence-corrected chi connectivity index (χ0v) is 7.13. The lowest BCUT2D eigenvalue weighted by Crippen LogP contribution is -1.95. The van der Waals surface area contributed by atoms with Crippen LogP contribution in [0.5, 0.6) is 0 Å². The first-order valence-corrected chi connectivity index (χ1v) is 4.05. The molecule has 0 radical (unpaired) electrons. The molecular formula is C10H11F2N. The van der Waals surface area contributed by atoms with Crippen molar-refractivity contribution < 1.29 is 8.78 Å². The predicted molar refractivity (Wildman–Crippen MR) is 49.1 cm³/mol. The molecule has 0 aliphatic heterocycles. The minimum Gasteiger partial charge on any atom is -0.330 e. The van der Waals surface area contributed by atoms with E-state index in [2.05, 4.69) is 0 Å². The number of hydrogen-bond donors (Lipinski definition) is 1. The summed E-state index contributed by atoms with van der Waals surface area (Å²) in [5.41, 5.74) is 5.63. The Bertz CT molecular complexity index is 308. The van der Waals surface area contributed by atoms with Gasteiger partial charge in [-0.3, -0.25) is 0 Å². The van der Waals surface area contributed by atoms with Gasteiger partial charge in [-0.15, -0.1) is 0 Å². The van der Waals surface area contributed by atoms with Crippen LogP contribution in [0.15, 0.2) is 24.3 Å². The van der Waals surface area contributed by atoms with Crippen molar-refractivity contribution in [2.75, 3.05) is 6.54 Å². The third-order valence-electron chi connectivity index (χ3n) is 1.59. The van der Waals surface area contributed by atoms with Crippen LogP contribution in [-0.4, -0.2) is 6.54 Å². The molecule has 0 unspecified atom stereocenters. The molecule has 0 bridgehead atoms. The van der Waals surface area contributed by atoms with Crippen LogP contribution < -0.4 is 5.73 Å². The fraction of sp³-hybridized carbons (Fsp3) is 0.200. The molecule has 0 aliphatic carbocycles. The fourth-order valence-corrected chi connectivity index (χ4v) is 0.943. The van der Waals surface area contributed by atoms with Gasteiger partial charge in [0, 0.05) is 11.6 Å². The van der Waals surface area contributed by atoms with Gasteiger partial charge in [-0.25, -0.2) is 8.78 Å². The van der Waals surface area contributed by atoms with Gasteiger partial charge in [-0.1, -0.05) is 12.2 Å². The second-order valence-electron chi connectivity index (χ2n) is 2.65. The molecule has 1 rings (SSSR count). The molecule has 1 aromatic carbocycles. The van der Waals surface area contributed by atoms with Crippen molar-refractivity contribution in [2.45, 2.75) is 6.42 Å². The summed E-state index contributed by atoms with van der Waals surface area (Å²) in [5.74, 6) is -1.11. The van der Waals surface area contributed by atoms with Crippen LogP contribution in [0.1, 0.15) is 12.0 Å². The highest BCUT2D eigenvalue weighted by Crippen LogP contribution is 2.11. The quantitative estimate of drug-likeness (QED) is 0.764. The summed E-state index contributed by atoms with van der Waals surface area (Å²) >= 11 is 0. The summed E-state index contributed by atoms with van der Waals surface area (Å²) in [6.45, 7) is 0.527. The number of hydrogen-bond acceptors (Lipinski definition) is 1. The lowest BCUT2D eigenvalue weighted by Gasteiger charge is -1.95. The molecule has 1 aromatic rings. The van der Waals surface area contributed by atoms with Gasteiger partial charge in [0.1, 0.15) is 11.6 Å². The van der Waals surface area contributed by atoms with Crippen LogP contribution in [0.25, 0.3) is 6.08 Å². The van der Waals surface area contributed by atoms with Gasteiger partial charge < -0.3 is 5.73 Å². The zero-order valence-electron chi connectivity index (χ0n) is 7.13. The van der Waals surface area contributed by atoms with Crippen molar-refractivity contribution in [1.82, 2.24) is 0 Å². The van der Waals surface area contributed by atoms with E-state index in [1.54, 1.807) is 12.2 Å². The molecule has 1 nitrogen and oxygen atoms in total. The largest absolute Gasteiger partial charge is 0.330 e. The monoisotopic (exact) mass is 183 g/mol. The van der Waals surface area contributed by atoms with E-state index in [0.29, 0.717) is 18.5 Å². The molecule has 3 heteroatoms. The molecule has 0 aliphatic rings. The highest BCUT2D eigenvalue weighted by Gasteiger charge is 1.98. The van der Waals surface area contributed by atoms with Crippen molar-refractivity contribution in [1.29, 1.82) is 0 Å². The molecule has 0 spiro atoms. The van der Waals surface area contributed by atoms with Crippen molar-refractivity contribution in [2.24, 2.45) is 5.73 Å². The zero-order chi connectivity index (χ0) is 9.68. The third-order valence-corrected chi connectivity index (χ3v) is 1.59. The summed E-state index contributed by atoms with van der Waals surface area (Å²) in [5, 5.41) is 0. The average molecular weight is 183 g/mol. The Kier molecular flexibility index (Phi) is 3.58. The molecule has 0 saturated heterocycles. The normalized spacial score (nSPS) is 11.0. The topological polar surface area (TPSA) is 26.0 Å². The third kappa shape index (κ3) is 2.95. The van der Waals surface area contributed by atoms with Gasteiger partial charge >= 0.3 is 0 Å². The van der Waals surface area contributed by atoms with E-state index in [1.165, 1.54) is 12.1 Å². The van der Waals surface area contributed by atoms with Crippen LogP contribution in [0.2, 0.25) is 0 Å². The van der Waals surface area contributed by atoms with Crippen LogP contribution in [0.3, 0.4) is 0 Å². The Morgan fingerprint density at radius 2 is 2.08 bits per heavy atom. The van der Waals surface area contributed by atoms with Gasteiger partial charge in [-0.2, -0.15) is 0 Å². The van der Waals surface area contributed by atoms with Gasteiger partial charge in [0.25, 0.3) is 0 Å². The van der Waals surface area contributed by atoms with E-state index >= 15 is 0 Å². The van der Waals surface area contributed by atoms with Crippen LogP contribution >= 0.6 is 0 Å². The van der Waals surface area contributed by atoms with E-state index in [-0.39, 0.29) is 0 Å². The molecule has 0 fully saturated rings. The Morgan fingerprint density at radius 3 is 2.69 bits per heavy atom. The minimum absolute atomic E-state index is 0.384. The first-order chi connectivity index (χ1) is 6.24. The first-order valence-electron chi connectivity index (χ1n) is 4.05. The molecule has 0 atom stereocenters. The van der Waals surface area contributed by atoms with Gasteiger partial charge in [-0.05, 0) is 25.1 Å². The van der Waals surface area contributed by atoms with Crippen molar-refractivity contribution in [3.8, 4) is 0 Å². The molecule has 0 aromatic heterocycles. The van der Waals surface area contributed by atoms with Crippen LogP contribution in [0, 0.1) is 11.6 Å². The molecule has 13 heavy (non-hydrogen) atoms. The predicted octanol–water partition coefficient (Wildman–Crippen LogP) is 2.33. The van der Waals surface area contributed by atoms with E-state index in [0.717, 1.165) is 6.07 Å². The smallest absolute Gasteiger partial charge is 0.133 e. The van der Waals surface area contributed by atoms with Crippen molar-refractivity contribution in [3.05, 3.63) is 41.5 Å². The second-order valence-corrected chi connectivity index (χ2v) is 2.65. The summed E-state index contributed by atoms with van der Waals surface area (Å²) in [4.78, 5) is 0. The maximum absolute atomic E-state index is 13.0. The number of rotatable bonds is 3. The maximum atomic E-state index is 13.0. The lowest BCUT2D eigenvalue weighted by atomic mass is 10.2. The molecule has 0 heterocycles. The number of nitrogens with two attached hydrogens (primary N) is 1. The summed E-state index contributed by atoms with van der Waals surface area (Å²) in [7, 11) is 0. The number of halogens is 2. The number of benzene rings is 1. The summed E-state index contributed by atoms with van der Waals surface area (Å²) in [6, 6.07) is 3.49. The Morgan fingerprint density at radius 1 is 1.31 bits per heavy atom. The molecule has 2 N–H and O–H groups in total. The van der Waals surface area contributed by atoms with Gasteiger partial charge in [0.2, 0.25) is 0 Å². The van der Waals surface area contributed by atoms with Crippen molar-refractivity contribution >= 4 is 6.08 Å². The highest BCUT2D eigenvalue weighted by molar-refractivity contribution is 5.49. The maximum Gasteiger partial charge on any atom is 0.133 e. The standard InChI is InChI=1S/C10H11F2N/c11-9-5-4-8(10(12)7-9)3-1-2-6-13/h1,3-5,7H,2,6,13H2. The average Bonchev–Trinajstić information content (AvgIpc) is 2.09. The van der Waals surface area contributed by atoms with Crippen molar-refractivity contribution in [3.63, 3.8) is 0 Å². The van der Waals surface area contributed by atoms with E-state index in [4.69, 9.17) is 5.73 Å². The lowest BCUT2D eigenvalue weighted by molar-refractivity contribution is 0.581.